The van der Waals surface area contributed by atoms with Gasteiger partial charge < -0.3 is 9.32 Å². The van der Waals surface area contributed by atoms with Crippen LogP contribution >= 0.6 is 0 Å². The third kappa shape index (κ3) is 3.44. The first-order chi connectivity index (χ1) is 11.0. The molecule has 2 heterocycles. The van der Waals surface area contributed by atoms with E-state index < -0.39 is 27.6 Å². The van der Waals surface area contributed by atoms with Gasteiger partial charge in [-0.3, -0.25) is 4.79 Å². The summed E-state index contributed by atoms with van der Waals surface area (Å²) in [6.45, 7) is 0.00634. The van der Waals surface area contributed by atoms with Crippen LogP contribution in [0, 0.1) is 5.82 Å². The summed E-state index contributed by atoms with van der Waals surface area (Å²) >= 11 is 0. The summed E-state index contributed by atoms with van der Waals surface area (Å²) in [5, 5.41) is 0. The van der Waals surface area contributed by atoms with E-state index in [1.165, 1.54) is 23.3 Å². The van der Waals surface area contributed by atoms with Crippen LogP contribution in [0.4, 0.5) is 4.39 Å². The van der Waals surface area contributed by atoms with Crippen LogP contribution in [0.2, 0.25) is 0 Å². The fourth-order valence-electron chi connectivity index (χ4n) is 2.74. The van der Waals surface area contributed by atoms with Crippen molar-refractivity contribution in [3.05, 3.63) is 59.8 Å². The van der Waals surface area contributed by atoms with Crippen molar-refractivity contribution in [3.8, 4) is 0 Å². The number of sulfone groups is 1. The largest absolute Gasteiger partial charge is 0.459 e. The van der Waals surface area contributed by atoms with Gasteiger partial charge in [0.05, 0.1) is 17.8 Å². The molecule has 0 saturated carbocycles. The number of amides is 1. The van der Waals surface area contributed by atoms with E-state index in [2.05, 4.69) is 0 Å². The van der Waals surface area contributed by atoms with Gasteiger partial charge in [0.15, 0.2) is 15.6 Å². The van der Waals surface area contributed by atoms with Crippen molar-refractivity contribution in [2.45, 2.75) is 19.0 Å². The molecule has 122 valence electrons. The quantitative estimate of drug-likeness (QED) is 0.858. The molecule has 5 nitrogen and oxygen atoms in total. The number of rotatable bonds is 4. The monoisotopic (exact) mass is 337 g/mol. The summed E-state index contributed by atoms with van der Waals surface area (Å²) in [4.78, 5) is 14.0. The molecule has 23 heavy (non-hydrogen) atoms. The predicted molar refractivity (Wildman–Crippen MR) is 82.0 cm³/mol. The van der Waals surface area contributed by atoms with Crippen LogP contribution in [0.3, 0.4) is 0 Å². The molecule has 7 heteroatoms. The second kappa shape index (κ2) is 6.16. The van der Waals surface area contributed by atoms with E-state index in [1.54, 1.807) is 24.3 Å². The minimum Gasteiger partial charge on any atom is -0.459 e. The standard InChI is InChI=1S/C16H16FNO4S/c17-14-5-2-1-4-12(14)10-18(13-7-9-23(20,21)11-13)16(19)15-6-3-8-22-15/h1-6,8,13H,7,9-11H2. The first-order valence-electron chi connectivity index (χ1n) is 7.24. The van der Waals surface area contributed by atoms with Gasteiger partial charge in [0.1, 0.15) is 5.82 Å². The SMILES string of the molecule is O=C(c1ccco1)N(Cc1ccccc1F)C1CCS(=O)(=O)C1. The average Bonchev–Trinajstić information content (AvgIpc) is 3.15. The second-order valence-electron chi connectivity index (χ2n) is 5.56. The number of hydrogen-bond donors (Lipinski definition) is 0. The van der Waals surface area contributed by atoms with Gasteiger partial charge >= 0.3 is 0 Å². The van der Waals surface area contributed by atoms with Crippen LogP contribution in [-0.2, 0) is 16.4 Å². The summed E-state index contributed by atoms with van der Waals surface area (Å²) in [5.74, 6) is -0.804. The first-order valence-corrected chi connectivity index (χ1v) is 9.07. The van der Waals surface area contributed by atoms with Crippen LogP contribution in [0.15, 0.2) is 47.1 Å². The van der Waals surface area contributed by atoms with Crippen LogP contribution in [0.1, 0.15) is 22.5 Å². The second-order valence-corrected chi connectivity index (χ2v) is 7.79. The summed E-state index contributed by atoms with van der Waals surface area (Å²) in [5.41, 5.74) is 0.344. The zero-order chi connectivity index (χ0) is 16.4. The van der Waals surface area contributed by atoms with E-state index in [9.17, 15) is 17.6 Å². The maximum absolute atomic E-state index is 13.9. The number of halogens is 1. The van der Waals surface area contributed by atoms with E-state index >= 15 is 0 Å². The van der Waals surface area contributed by atoms with Gasteiger partial charge in [0.2, 0.25) is 0 Å². The normalized spacial score (nSPS) is 19.6. The number of carbonyl (C=O) groups excluding carboxylic acids is 1. The molecule has 1 unspecified atom stereocenters. The zero-order valence-electron chi connectivity index (χ0n) is 12.3. The number of carbonyl (C=O) groups is 1. The highest BCUT2D eigenvalue weighted by Crippen LogP contribution is 2.23. The van der Waals surface area contributed by atoms with E-state index in [1.807, 2.05) is 0 Å². The Hall–Kier alpha value is -2.15. The summed E-state index contributed by atoms with van der Waals surface area (Å²) < 4.78 is 42.5. The highest BCUT2D eigenvalue weighted by Gasteiger charge is 2.36. The Morgan fingerprint density at radius 2 is 2.04 bits per heavy atom. The molecule has 1 aromatic heterocycles. The number of hydrogen-bond acceptors (Lipinski definition) is 4. The molecule has 3 rings (SSSR count). The average molecular weight is 337 g/mol. The summed E-state index contributed by atoms with van der Waals surface area (Å²) in [7, 11) is -3.16. The Labute approximate surface area is 133 Å². The van der Waals surface area contributed by atoms with E-state index in [4.69, 9.17) is 4.42 Å². The maximum atomic E-state index is 13.9. The van der Waals surface area contributed by atoms with Gasteiger partial charge in [0, 0.05) is 18.2 Å². The molecule has 0 N–H and O–H groups in total. The molecular weight excluding hydrogens is 321 g/mol. The van der Waals surface area contributed by atoms with Crippen molar-refractivity contribution in [2.24, 2.45) is 0 Å². The zero-order valence-corrected chi connectivity index (χ0v) is 13.1. The molecule has 0 radical (unpaired) electrons. The molecule has 1 aromatic carbocycles. The summed E-state index contributed by atoms with van der Waals surface area (Å²) in [6, 6.07) is 8.77. The Kier molecular flexibility index (Phi) is 4.21. The molecule has 1 amide bonds. The Bertz CT molecular complexity index is 801. The highest BCUT2D eigenvalue weighted by atomic mass is 32.2. The topological polar surface area (TPSA) is 67.6 Å². The van der Waals surface area contributed by atoms with Crippen molar-refractivity contribution in [2.75, 3.05) is 11.5 Å². The molecule has 1 atom stereocenters. The summed E-state index contributed by atoms with van der Waals surface area (Å²) in [6.07, 6.45) is 1.73. The highest BCUT2D eigenvalue weighted by molar-refractivity contribution is 7.91. The molecule has 1 aliphatic heterocycles. The smallest absolute Gasteiger partial charge is 0.290 e. The lowest BCUT2D eigenvalue weighted by atomic mass is 10.1. The number of furan rings is 1. The molecule has 0 spiro atoms. The lowest BCUT2D eigenvalue weighted by molar-refractivity contribution is 0.0646. The van der Waals surface area contributed by atoms with Crippen molar-refractivity contribution < 1.29 is 22.0 Å². The number of benzene rings is 1. The van der Waals surface area contributed by atoms with Gasteiger partial charge in [0.25, 0.3) is 5.91 Å². The fourth-order valence-corrected chi connectivity index (χ4v) is 4.47. The molecule has 0 aliphatic carbocycles. The molecular formula is C16H16FNO4S. The Morgan fingerprint density at radius 1 is 1.26 bits per heavy atom. The third-order valence-corrected chi connectivity index (χ3v) is 5.69. The lowest BCUT2D eigenvalue weighted by Crippen LogP contribution is -2.40. The fraction of sp³-hybridized carbons (Fsp3) is 0.312. The minimum absolute atomic E-state index is 0.00634. The number of nitrogens with zero attached hydrogens (tertiary/aromatic N) is 1. The molecule has 2 aromatic rings. The van der Waals surface area contributed by atoms with Gasteiger partial charge in [-0.25, -0.2) is 12.8 Å². The van der Waals surface area contributed by atoms with Gasteiger partial charge in [-0.15, -0.1) is 0 Å². The minimum atomic E-state index is -3.16. The van der Waals surface area contributed by atoms with Crippen LogP contribution < -0.4 is 0 Å². The van der Waals surface area contributed by atoms with Crippen LogP contribution in [-0.4, -0.2) is 36.8 Å². The van der Waals surface area contributed by atoms with Gasteiger partial charge in [-0.1, -0.05) is 18.2 Å². The van der Waals surface area contributed by atoms with Crippen molar-refractivity contribution in [1.29, 1.82) is 0 Å². The van der Waals surface area contributed by atoms with Crippen molar-refractivity contribution in [3.63, 3.8) is 0 Å². The van der Waals surface area contributed by atoms with Crippen LogP contribution in [0.25, 0.3) is 0 Å². The Balaban J connectivity index is 1.90. The van der Waals surface area contributed by atoms with Crippen molar-refractivity contribution >= 4 is 15.7 Å². The first kappa shape index (κ1) is 15.7. The van der Waals surface area contributed by atoms with Crippen LogP contribution in [0.5, 0.6) is 0 Å². The van der Waals surface area contributed by atoms with Crippen molar-refractivity contribution in [1.82, 2.24) is 4.90 Å². The predicted octanol–water partition coefficient (Wildman–Crippen LogP) is 2.25. The molecule has 1 fully saturated rings. The van der Waals surface area contributed by atoms with E-state index in [0.29, 0.717) is 12.0 Å². The lowest BCUT2D eigenvalue weighted by Gasteiger charge is -2.27. The van der Waals surface area contributed by atoms with E-state index in [-0.39, 0.29) is 23.8 Å². The third-order valence-electron chi connectivity index (χ3n) is 3.94. The van der Waals surface area contributed by atoms with Gasteiger partial charge in [-0.05, 0) is 24.6 Å². The molecule has 0 bridgehead atoms. The molecule has 1 saturated heterocycles. The Morgan fingerprint density at radius 3 is 2.65 bits per heavy atom. The molecule has 1 aliphatic rings. The maximum Gasteiger partial charge on any atom is 0.290 e. The van der Waals surface area contributed by atoms with Gasteiger partial charge in [-0.2, -0.15) is 0 Å². The van der Waals surface area contributed by atoms with E-state index in [0.717, 1.165) is 0 Å².